The lowest BCUT2D eigenvalue weighted by atomic mass is 9.96. The van der Waals surface area contributed by atoms with E-state index < -0.39 is 17.5 Å². The molecule has 0 spiro atoms. The minimum atomic E-state index is -1.70. The molecule has 0 aromatic carbocycles. The second kappa shape index (κ2) is 5.67. The normalized spacial score (nSPS) is 31.5. The minimum Gasteiger partial charge on any atom is -0.269 e. The molecular weight excluding hydrogens is 195 g/mol. The highest BCUT2D eigenvalue weighted by atomic mass is 32.2. The van der Waals surface area contributed by atoms with E-state index in [2.05, 4.69) is 0 Å². The van der Waals surface area contributed by atoms with Crippen LogP contribution in [0.5, 0.6) is 0 Å². The predicted molar refractivity (Wildman–Crippen MR) is 48.0 cm³/mol. The number of rotatable bonds is 4. The number of hydrogen-bond donors (Lipinski definition) is 0. The third-order valence-electron chi connectivity index (χ3n) is 1.99. The summed E-state index contributed by atoms with van der Waals surface area (Å²) in [6.07, 6.45) is 1.47. The molecule has 0 aromatic heterocycles. The lowest BCUT2D eigenvalue weighted by Crippen LogP contribution is -2.24. The lowest BCUT2D eigenvalue weighted by Gasteiger charge is -2.23. The Morgan fingerprint density at radius 2 is 2.31 bits per heavy atom. The van der Waals surface area contributed by atoms with Gasteiger partial charge in [-0.05, 0) is 26.2 Å². The smallest absolute Gasteiger partial charge is 0.269 e. The maximum absolute atomic E-state index is 12.9. The van der Waals surface area contributed by atoms with Gasteiger partial charge in [0, 0.05) is 6.42 Å². The molecule has 0 saturated heterocycles. The molecule has 1 saturated carbocycles. The van der Waals surface area contributed by atoms with E-state index in [1.165, 1.54) is 0 Å². The van der Waals surface area contributed by atoms with E-state index in [1.807, 2.05) is 0 Å². The average Bonchev–Trinajstić information content (AvgIpc) is 2.04. The summed E-state index contributed by atoms with van der Waals surface area (Å²) in [6.45, 7) is 2.08. The molecule has 13 heavy (non-hydrogen) atoms. The van der Waals surface area contributed by atoms with Crippen LogP contribution in [-0.2, 0) is 19.7 Å². The average molecular weight is 210 g/mol. The largest absolute Gasteiger partial charge is 0.304 e. The van der Waals surface area contributed by atoms with E-state index in [4.69, 9.17) is 8.37 Å². The van der Waals surface area contributed by atoms with Gasteiger partial charge in [-0.2, -0.15) is 4.21 Å². The first-order valence-corrected chi connectivity index (χ1v) is 5.58. The maximum atomic E-state index is 12.9. The van der Waals surface area contributed by atoms with Crippen molar-refractivity contribution in [1.82, 2.24) is 0 Å². The van der Waals surface area contributed by atoms with Crippen LogP contribution in [0.25, 0.3) is 0 Å². The minimum absolute atomic E-state index is 0.240. The van der Waals surface area contributed by atoms with Crippen molar-refractivity contribution in [3.63, 3.8) is 0 Å². The van der Waals surface area contributed by atoms with Crippen molar-refractivity contribution in [1.29, 1.82) is 0 Å². The summed E-state index contributed by atoms with van der Waals surface area (Å²) < 4.78 is 33.5. The van der Waals surface area contributed by atoms with Gasteiger partial charge in [-0.3, -0.25) is 8.37 Å². The first-order valence-electron chi connectivity index (χ1n) is 4.58. The molecule has 1 aliphatic carbocycles. The number of hydrogen-bond acceptors (Lipinski definition) is 3. The van der Waals surface area contributed by atoms with Crippen molar-refractivity contribution in [3.8, 4) is 0 Å². The molecular formula is C8H15FO3S. The van der Waals surface area contributed by atoms with Crippen LogP contribution >= 0.6 is 0 Å². The standard InChI is InChI=1S/C8H15FO3S/c1-2-11-13(10)12-8-5-3-4-7(9)6-8/h7-8H,2-6H2,1H3. The van der Waals surface area contributed by atoms with Crippen LogP contribution in [0, 0.1) is 0 Å². The van der Waals surface area contributed by atoms with Gasteiger partial charge in [0.25, 0.3) is 0 Å². The predicted octanol–water partition coefficient (Wildman–Crippen LogP) is 1.90. The van der Waals surface area contributed by atoms with Crippen molar-refractivity contribution in [2.24, 2.45) is 0 Å². The molecule has 3 atom stereocenters. The summed E-state index contributed by atoms with van der Waals surface area (Å²) in [7, 11) is 0. The number of halogens is 1. The van der Waals surface area contributed by atoms with E-state index in [1.54, 1.807) is 6.92 Å². The van der Waals surface area contributed by atoms with Crippen LogP contribution in [-0.4, -0.2) is 23.1 Å². The molecule has 5 heteroatoms. The second-order valence-electron chi connectivity index (χ2n) is 3.09. The Hall–Kier alpha value is -0.0000000000000000278. The highest BCUT2D eigenvalue weighted by Crippen LogP contribution is 2.24. The van der Waals surface area contributed by atoms with Gasteiger partial charge >= 0.3 is 11.4 Å². The first-order chi connectivity index (χ1) is 6.22. The van der Waals surface area contributed by atoms with Gasteiger partial charge in [-0.15, -0.1) is 0 Å². The van der Waals surface area contributed by atoms with Gasteiger partial charge in [0.1, 0.15) is 6.17 Å². The molecule has 0 radical (unpaired) electrons. The number of alkyl halides is 1. The van der Waals surface area contributed by atoms with Gasteiger partial charge in [0.15, 0.2) is 0 Å². The van der Waals surface area contributed by atoms with E-state index >= 15 is 0 Å². The molecule has 3 nitrogen and oxygen atoms in total. The summed E-state index contributed by atoms with van der Waals surface area (Å²) in [5.74, 6) is 0. The van der Waals surface area contributed by atoms with Gasteiger partial charge in [-0.25, -0.2) is 4.39 Å². The fraction of sp³-hybridized carbons (Fsp3) is 1.00. The zero-order chi connectivity index (χ0) is 9.68. The summed E-state index contributed by atoms with van der Waals surface area (Å²) in [5.41, 5.74) is 0. The van der Waals surface area contributed by atoms with Crippen LogP contribution in [0.4, 0.5) is 4.39 Å². The van der Waals surface area contributed by atoms with Crippen molar-refractivity contribution >= 4 is 11.4 Å². The first kappa shape index (κ1) is 11.1. The fourth-order valence-electron chi connectivity index (χ4n) is 1.41. The summed E-state index contributed by atoms with van der Waals surface area (Å²) in [6, 6.07) is 0. The summed E-state index contributed by atoms with van der Waals surface area (Å²) in [4.78, 5) is 0. The highest BCUT2D eigenvalue weighted by Gasteiger charge is 2.24. The summed E-state index contributed by atoms with van der Waals surface area (Å²) >= 11 is -1.70. The van der Waals surface area contributed by atoms with Crippen LogP contribution in [0.3, 0.4) is 0 Å². The van der Waals surface area contributed by atoms with E-state index in [0.29, 0.717) is 19.4 Å². The van der Waals surface area contributed by atoms with Gasteiger partial charge in [0.2, 0.25) is 0 Å². The van der Waals surface area contributed by atoms with Crippen LogP contribution in [0.2, 0.25) is 0 Å². The van der Waals surface area contributed by atoms with E-state index in [9.17, 15) is 8.60 Å². The molecule has 1 fully saturated rings. The maximum Gasteiger partial charge on any atom is 0.304 e. The molecule has 0 N–H and O–H groups in total. The van der Waals surface area contributed by atoms with Crippen LogP contribution < -0.4 is 0 Å². The Balaban J connectivity index is 2.23. The Morgan fingerprint density at radius 3 is 2.92 bits per heavy atom. The Labute approximate surface area is 80.5 Å². The third-order valence-corrected chi connectivity index (χ3v) is 2.85. The molecule has 0 bridgehead atoms. The fourth-order valence-corrected chi connectivity index (χ4v) is 2.06. The summed E-state index contributed by atoms with van der Waals surface area (Å²) in [5, 5.41) is 0. The highest BCUT2D eigenvalue weighted by molar-refractivity contribution is 7.75. The quantitative estimate of drug-likeness (QED) is 0.711. The van der Waals surface area contributed by atoms with Gasteiger partial charge < -0.3 is 0 Å². The van der Waals surface area contributed by atoms with Gasteiger partial charge in [0.05, 0.1) is 12.7 Å². The molecule has 78 valence electrons. The van der Waals surface area contributed by atoms with E-state index in [-0.39, 0.29) is 6.10 Å². The molecule has 1 aliphatic rings. The van der Waals surface area contributed by atoms with E-state index in [0.717, 1.165) is 12.8 Å². The molecule has 1 rings (SSSR count). The lowest BCUT2D eigenvalue weighted by molar-refractivity contribution is 0.100. The molecule has 0 aliphatic heterocycles. The van der Waals surface area contributed by atoms with Crippen molar-refractivity contribution in [2.75, 3.05) is 6.61 Å². The Kier molecular flexibility index (Phi) is 4.83. The zero-order valence-electron chi connectivity index (χ0n) is 7.70. The zero-order valence-corrected chi connectivity index (χ0v) is 8.52. The molecule has 0 amide bonds. The topological polar surface area (TPSA) is 35.5 Å². The Morgan fingerprint density at radius 1 is 1.54 bits per heavy atom. The second-order valence-corrected chi connectivity index (χ2v) is 3.93. The monoisotopic (exact) mass is 210 g/mol. The Bertz CT molecular complexity index is 177. The van der Waals surface area contributed by atoms with Gasteiger partial charge in [-0.1, -0.05) is 0 Å². The SMILES string of the molecule is CCOS(=O)OC1CCCC(F)C1. The van der Waals surface area contributed by atoms with Crippen LogP contribution in [0.15, 0.2) is 0 Å². The molecule has 0 heterocycles. The molecule has 0 aromatic rings. The van der Waals surface area contributed by atoms with Crippen molar-refractivity contribution in [2.45, 2.75) is 44.9 Å². The van der Waals surface area contributed by atoms with Crippen molar-refractivity contribution < 1.29 is 17.0 Å². The van der Waals surface area contributed by atoms with Crippen LogP contribution in [0.1, 0.15) is 32.6 Å². The third kappa shape index (κ3) is 4.15. The van der Waals surface area contributed by atoms with Crippen molar-refractivity contribution in [3.05, 3.63) is 0 Å². The molecule has 3 unspecified atom stereocenters.